The number of rotatable bonds is 4. The van der Waals surface area contributed by atoms with Crippen LogP contribution in [0, 0.1) is 0 Å². The van der Waals surface area contributed by atoms with Gasteiger partial charge in [-0.3, -0.25) is 5.32 Å². The lowest BCUT2D eigenvalue weighted by Crippen LogP contribution is -2.29. The molecule has 0 aliphatic carbocycles. The molecule has 7 heteroatoms. The van der Waals surface area contributed by atoms with Crippen molar-refractivity contribution in [2.45, 2.75) is 20.0 Å². The van der Waals surface area contributed by atoms with E-state index in [-0.39, 0.29) is 6.03 Å². The average molecular weight is 301 g/mol. The van der Waals surface area contributed by atoms with Crippen molar-refractivity contribution in [2.24, 2.45) is 0 Å². The van der Waals surface area contributed by atoms with Crippen LogP contribution >= 0.6 is 11.3 Å². The van der Waals surface area contributed by atoms with Gasteiger partial charge >= 0.3 is 6.03 Å². The Labute approximate surface area is 125 Å². The predicted octanol–water partition coefficient (Wildman–Crippen LogP) is 2.83. The van der Waals surface area contributed by atoms with Gasteiger partial charge in [0, 0.05) is 18.1 Å². The molecule has 0 aliphatic rings. The van der Waals surface area contributed by atoms with E-state index in [2.05, 4.69) is 32.1 Å². The molecule has 0 saturated carbocycles. The Morgan fingerprint density at radius 1 is 1.38 bits per heavy atom. The van der Waals surface area contributed by atoms with E-state index in [1.807, 2.05) is 29.6 Å². The molecule has 2 N–H and O–H groups in total. The van der Waals surface area contributed by atoms with Crippen LogP contribution < -0.4 is 10.6 Å². The Kier molecular flexibility index (Phi) is 3.83. The number of carbonyl (C=O) groups is 1. The van der Waals surface area contributed by atoms with Gasteiger partial charge in [0.25, 0.3) is 0 Å². The van der Waals surface area contributed by atoms with Crippen LogP contribution in [0.25, 0.3) is 11.0 Å². The fourth-order valence-corrected chi connectivity index (χ4v) is 2.72. The van der Waals surface area contributed by atoms with E-state index in [9.17, 15) is 4.79 Å². The number of benzene rings is 1. The molecule has 3 aromatic rings. The maximum atomic E-state index is 11.8. The summed E-state index contributed by atoms with van der Waals surface area (Å²) in [4.78, 5) is 20.4. The number of anilines is 1. The van der Waals surface area contributed by atoms with Gasteiger partial charge in [0.05, 0.1) is 17.6 Å². The Bertz CT molecular complexity index is 750. The molecule has 0 atom stereocenters. The number of para-hydroxylation sites is 2. The number of thiazole rings is 1. The highest BCUT2D eigenvalue weighted by atomic mass is 32.1. The van der Waals surface area contributed by atoms with E-state index in [0.717, 1.165) is 23.4 Å². The van der Waals surface area contributed by atoms with E-state index in [0.29, 0.717) is 11.7 Å². The van der Waals surface area contributed by atoms with Crippen molar-refractivity contribution in [3.8, 4) is 0 Å². The van der Waals surface area contributed by atoms with Gasteiger partial charge in [-0.05, 0) is 19.1 Å². The summed E-state index contributed by atoms with van der Waals surface area (Å²) in [5, 5.41) is 7.88. The van der Waals surface area contributed by atoms with Crippen LogP contribution in [0.1, 0.15) is 12.7 Å². The van der Waals surface area contributed by atoms with E-state index in [1.165, 1.54) is 11.3 Å². The van der Waals surface area contributed by atoms with Gasteiger partial charge < -0.3 is 9.88 Å². The van der Waals surface area contributed by atoms with Crippen LogP contribution in [-0.4, -0.2) is 20.6 Å². The molecular formula is C14H15N5OS. The summed E-state index contributed by atoms with van der Waals surface area (Å²) in [6, 6.07) is 7.68. The molecule has 3 rings (SSSR count). The van der Waals surface area contributed by atoms with Crippen LogP contribution in [0.2, 0.25) is 0 Å². The van der Waals surface area contributed by atoms with Gasteiger partial charge in [-0.1, -0.05) is 12.1 Å². The number of nitrogens with one attached hydrogen (secondary N) is 2. The number of carbonyl (C=O) groups excluding carboxylic acids is 1. The maximum absolute atomic E-state index is 11.8. The van der Waals surface area contributed by atoms with Crippen LogP contribution in [0.4, 0.5) is 9.93 Å². The number of aryl methyl sites for hydroxylation is 1. The molecule has 0 bridgehead atoms. The second-order valence-electron chi connectivity index (χ2n) is 4.41. The van der Waals surface area contributed by atoms with Crippen LogP contribution in [0.15, 0.2) is 35.8 Å². The number of amides is 2. The summed E-state index contributed by atoms with van der Waals surface area (Å²) in [7, 11) is 0. The minimum Gasteiger partial charge on any atom is -0.331 e. The molecule has 0 aliphatic heterocycles. The van der Waals surface area contributed by atoms with Crippen LogP contribution in [-0.2, 0) is 13.1 Å². The molecule has 1 aromatic carbocycles. The summed E-state index contributed by atoms with van der Waals surface area (Å²) in [6.07, 6.45) is 1.65. The molecule has 6 nitrogen and oxygen atoms in total. The number of fused-ring (bicyclic) bond motifs is 1. The van der Waals surface area contributed by atoms with Crippen molar-refractivity contribution >= 4 is 33.5 Å². The fraction of sp³-hybridized carbons (Fsp3) is 0.214. The number of urea groups is 1. The Morgan fingerprint density at radius 3 is 3.00 bits per heavy atom. The van der Waals surface area contributed by atoms with Gasteiger partial charge in [0.1, 0.15) is 5.82 Å². The lowest BCUT2D eigenvalue weighted by Gasteiger charge is -2.07. The first-order chi connectivity index (χ1) is 10.3. The van der Waals surface area contributed by atoms with Crippen LogP contribution in [0.3, 0.4) is 0 Å². The fourth-order valence-electron chi connectivity index (χ4n) is 2.20. The normalized spacial score (nSPS) is 10.7. The van der Waals surface area contributed by atoms with Crippen molar-refractivity contribution in [2.75, 3.05) is 5.32 Å². The zero-order valence-corrected chi connectivity index (χ0v) is 12.4. The molecule has 0 radical (unpaired) electrons. The minimum absolute atomic E-state index is 0.278. The maximum Gasteiger partial charge on any atom is 0.321 e. The molecule has 0 fully saturated rings. The third kappa shape index (κ3) is 2.87. The van der Waals surface area contributed by atoms with Gasteiger partial charge in [-0.2, -0.15) is 0 Å². The topological polar surface area (TPSA) is 71.8 Å². The lowest BCUT2D eigenvalue weighted by atomic mass is 10.3. The first kappa shape index (κ1) is 13.6. The second kappa shape index (κ2) is 5.92. The highest BCUT2D eigenvalue weighted by molar-refractivity contribution is 7.13. The number of nitrogens with zero attached hydrogens (tertiary/aromatic N) is 3. The summed E-state index contributed by atoms with van der Waals surface area (Å²) in [5.74, 6) is 0.841. The summed E-state index contributed by atoms with van der Waals surface area (Å²) in [6.45, 7) is 3.25. The van der Waals surface area contributed by atoms with Gasteiger partial charge in [0.15, 0.2) is 5.13 Å². The van der Waals surface area contributed by atoms with Crippen molar-refractivity contribution in [3.05, 3.63) is 41.7 Å². The molecule has 2 heterocycles. The zero-order valence-electron chi connectivity index (χ0n) is 11.5. The Balaban J connectivity index is 1.71. The molecule has 0 saturated heterocycles. The van der Waals surface area contributed by atoms with Crippen molar-refractivity contribution in [1.29, 1.82) is 0 Å². The quantitative estimate of drug-likeness (QED) is 0.778. The Hall–Kier alpha value is -2.41. The number of aromatic nitrogens is 3. The molecule has 108 valence electrons. The zero-order chi connectivity index (χ0) is 14.7. The van der Waals surface area contributed by atoms with Gasteiger partial charge in [0.2, 0.25) is 0 Å². The molecule has 2 aromatic heterocycles. The third-order valence-electron chi connectivity index (χ3n) is 3.11. The molecular weight excluding hydrogens is 286 g/mol. The van der Waals surface area contributed by atoms with Crippen molar-refractivity contribution < 1.29 is 4.79 Å². The molecule has 21 heavy (non-hydrogen) atoms. The first-order valence-corrected chi connectivity index (χ1v) is 7.54. The Morgan fingerprint density at radius 2 is 2.24 bits per heavy atom. The molecule has 0 spiro atoms. The van der Waals surface area contributed by atoms with E-state index in [1.54, 1.807) is 6.20 Å². The first-order valence-electron chi connectivity index (χ1n) is 6.66. The summed E-state index contributed by atoms with van der Waals surface area (Å²) >= 11 is 1.38. The van der Waals surface area contributed by atoms with Crippen molar-refractivity contribution in [1.82, 2.24) is 19.9 Å². The standard InChI is InChI=1S/C14H15N5OS/c1-2-19-11-6-4-3-5-10(11)17-12(19)9-16-13(20)18-14-15-7-8-21-14/h3-8H,2,9H2,1H3,(H2,15,16,18,20). The predicted molar refractivity (Wildman–Crippen MR) is 83.4 cm³/mol. The number of imidazole rings is 1. The summed E-state index contributed by atoms with van der Waals surface area (Å²) < 4.78 is 2.10. The van der Waals surface area contributed by atoms with E-state index < -0.39 is 0 Å². The van der Waals surface area contributed by atoms with Crippen molar-refractivity contribution in [3.63, 3.8) is 0 Å². The van der Waals surface area contributed by atoms with E-state index >= 15 is 0 Å². The van der Waals surface area contributed by atoms with Gasteiger partial charge in [-0.15, -0.1) is 11.3 Å². The number of hydrogen-bond donors (Lipinski definition) is 2. The largest absolute Gasteiger partial charge is 0.331 e. The second-order valence-corrected chi connectivity index (χ2v) is 5.30. The summed E-state index contributed by atoms with van der Waals surface area (Å²) in [5.41, 5.74) is 2.02. The third-order valence-corrected chi connectivity index (χ3v) is 3.80. The van der Waals surface area contributed by atoms with Crippen LogP contribution in [0.5, 0.6) is 0 Å². The monoisotopic (exact) mass is 301 g/mol. The SMILES string of the molecule is CCn1c(CNC(=O)Nc2nccs2)nc2ccccc21. The molecule has 0 unspecified atom stereocenters. The smallest absolute Gasteiger partial charge is 0.321 e. The van der Waals surface area contributed by atoms with Gasteiger partial charge in [-0.25, -0.2) is 14.8 Å². The molecule has 2 amide bonds. The highest BCUT2D eigenvalue weighted by Crippen LogP contribution is 2.16. The highest BCUT2D eigenvalue weighted by Gasteiger charge is 2.10. The lowest BCUT2D eigenvalue weighted by molar-refractivity contribution is 0.251. The number of hydrogen-bond acceptors (Lipinski definition) is 4. The average Bonchev–Trinajstić information content (AvgIpc) is 3.11. The van der Waals surface area contributed by atoms with E-state index in [4.69, 9.17) is 0 Å². The minimum atomic E-state index is -0.278.